The van der Waals surface area contributed by atoms with Gasteiger partial charge >= 0.3 is 12.0 Å². The Morgan fingerprint density at radius 3 is 1.87 bits per heavy atom. The highest BCUT2D eigenvalue weighted by Crippen LogP contribution is 2.36. The molecule has 0 unspecified atom stereocenters. The second kappa shape index (κ2) is 12.3. The fourth-order valence-corrected chi connectivity index (χ4v) is 4.53. The highest BCUT2D eigenvalue weighted by atomic mass is 16.9. The average Bonchev–Trinajstić information content (AvgIpc) is 3.35. The summed E-state index contributed by atoms with van der Waals surface area (Å²) in [6.45, 7) is 6.15. The van der Waals surface area contributed by atoms with Crippen molar-refractivity contribution in [1.82, 2.24) is 10.1 Å². The molecule has 2 saturated heterocycles. The lowest BCUT2D eigenvalue weighted by Gasteiger charge is -2.26. The van der Waals surface area contributed by atoms with E-state index in [0.29, 0.717) is 18.5 Å². The Bertz CT molecular complexity index is 1250. The summed E-state index contributed by atoms with van der Waals surface area (Å²) in [6.07, 6.45) is 7.14. The van der Waals surface area contributed by atoms with E-state index in [1.165, 1.54) is 6.42 Å². The van der Waals surface area contributed by atoms with Crippen molar-refractivity contribution in [2.75, 3.05) is 38.8 Å². The number of hydroxylamine groups is 2. The predicted octanol–water partition coefficient (Wildman–Crippen LogP) is 6.68. The normalized spacial score (nSPS) is 17.1. The Balaban J connectivity index is 1.39. The summed E-state index contributed by atoms with van der Waals surface area (Å²) in [4.78, 5) is 8.10. The van der Waals surface area contributed by atoms with Gasteiger partial charge in [-0.15, -0.1) is 16.7 Å². The van der Waals surface area contributed by atoms with Crippen LogP contribution >= 0.6 is 0 Å². The maximum absolute atomic E-state index is 5.98. The molecular weight excluding hydrogens is 492 g/mol. The molecule has 39 heavy (non-hydrogen) atoms. The maximum Gasteiger partial charge on any atom is 0.351 e. The van der Waals surface area contributed by atoms with Crippen LogP contribution < -0.4 is 14.4 Å². The van der Waals surface area contributed by atoms with Gasteiger partial charge in [0.2, 0.25) is 0 Å². The van der Waals surface area contributed by atoms with Crippen molar-refractivity contribution in [3.05, 3.63) is 97.0 Å². The van der Waals surface area contributed by atoms with E-state index in [-0.39, 0.29) is 0 Å². The summed E-state index contributed by atoms with van der Waals surface area (Å²) in [5.41, 5.74) is 3.96. The van der Waals surface area contributed by atoms with E-state index in [0.717, 1.165) is 60.1 Å². The van der Waals surface area contributed by atoms with Crippen molar-refractivity contribution < 1.29 is 19.0 Å². The van der Waals surface area contributed by atoms with Crippen LogP contribution in [0.5, 0.6) is 11.5 Å². The molecule has 8 nitrogen and oxygen atoms in total. The van der Waals surface area contributed by atoms with Gasteiger partial charge in [-0.1, -0.05) is 18.2 Å². The lowest BCUT2D eigenvalue weighted by Crippen LogP contribution is -2.31. The van der Waals surface area contributed by atoms with E-state index in [2.05, 4.69) is 28.7 Å². The maximum atomic E-state index is 5.98. The van der Waals surface area contributed by atoms with E-state index < -0.39 is 0 Å². The fraction of sp³-hybridized carbons (Fsp3) is 0.258. The van der Waals surface area contributed by atoms with Crippen LogP contribution in [0.2, 0.25) is 0 Å². The first-order valence-corrected chi connectivity index (χ1v) is 13.1. The number of hydrazone groups is 1. The molecule has 0 N–H and O–H groups in total. The van der Waals surface area contributed by atoms with E-state index in [9.17, 15) is 0 Å². The molecule has 0 aliphatic carbocycles. The number of methoxy groups -OCH3 is 2. The first-order valence-electron chi connectivity index (χ1n) is 13.1. The Kier molecular flexibility index (Phi) is 8.21. The molecule has 0 spiro atoms. The minimum Gasteiger partial charge on any atom is -0.497 e. The first-order chi connectivity index (χ1) is 19.2. The number of benzene rings is 3. The highest BCUT2D eigenvalue weighted by molar-refractivity contribution is 5.78. The van der Waals surface area contributed by atoms with Crippen molar-refractivity contribution in [2.24, 2.45) is 5.10 Å². The number of hydrogen-bond acceptors (Lipinski definition) is 7. The molecule has 2 aliphatic heterocycles. The quantitative estimate of drug-likeness (QED) is 0.288. The van der Waals surface area contributed by atoms with Crippen LogP contribution in [0.3, 0.4) is 0 Å². The van der Waals surface area contributed by atoms with Gasteiger partial charge in [0.15, 0.2) is 0 Å². The molecule has 202 valence electrons. The smallest absolute Gasteiger partial charge is 0.351 e. The van der Waals surface area contributed by atoms with Crippen molar-refractivity contribution in [3.8, 4) is 11.5 Å². The van der Waals surface area contributed by atoms with E-state index in [1.54, 1.807) is 25.4 Å². The van der Waals surface area contributed by atoms with Gasteiger partial charge in [-0.2, -0.15) is 0 Å². The lowest BCUT2D eigenvalue weighted by molar-refractivity contribution is -0.0299. The van der Waals surface area contributed by atoms with Gasteiger partial charge in [-0.3, -0.25) is 5.01 Å². The van der Waals surface area contributed by atoms with Gasteiger partial charge in [-0.25, -0.2) is 0 Å². The minimum absolute atomic E-state index is 0.377. The molecule has 2 aliphatic rings. The van der Waals surface area contributed by atoms with Gasteiger partial charge in [0.1, 0.15) is 11.5 Å². The van der Waals surface area contributed by atoms with E-state index in [4.69, 9.17) is 19.0 Å². The monoisotopic (exact) mass is 526 g/mol. The molecular formula is C31H34N4O4. The lowest BCUT2D eigenvalue weighted by atomic mass is 10.1. The molecule has 0 aromatic heterocycles. The summed E-state index contributed by atoms with van der Waals surface area (Å²) in [7, 11) is 3.33. The van der Waals surface area contributed by atoms with Crippen molar-refractivity contribution in [2.45, 2.75) is 19.3 Å². The molecule has 0 saturated carbocycles. The topological polar surface area (TPSA) is 59.0 Å². The molecule has 3 aromatic rings. The number of amidine groups is 1. The Morgan fingerprint density at radius 2 is 1.36 bits per heavy atom. The fourth-order valence-electron chi connectivity index (χ4n) is 4.53. The van der Waals surface area contributed by atoms with Crippen LogP contribution in [0.1, 0.15) is 24.8 Å². The van der Waals surface area contributed by atoms with Crippen molar-refractivity contribution in [3.63, 3.8) is 0 Å². The number of anilines is 3. The van der Waals surface area contributed by atoms with E-state index in [1.807, 2.05) is 71.7 Å². The number of rotatable bonds is 9. The van der Waals surface area contributed by atoms with Gasteiger partial charge < -0.3 is 23.9 Å². The van der Waals surface area contributed by atoms with Crippen LogP contribution in [-0.2, 0) is 9.57 Å². The third kappa shape index (κ3) is 6.29. The zero-order valence-corrected chi connectivity index (χ0v) is 22.5. The molecule has 5 rings (SSSR count). The molecule has 2 heterocycles. The summed E-state index contributed by atoms with van der Waals surface area (Å²) in [5.74, 6) is 1.99. The molecule has 2 fully saturated rings. The number of ether oxygens (including phenoxy) is 3. The molecule has 0 atom stereocenters. The van der Waals surface area contributed by atoms with Crippen LogP contribution in [0, 0.1) is 0 Å². The standard InChI is InChI=1S/C31H34N4O4/c1-4-20-34-31(32-33-21-6-5-7-22-33)38-30(39-34)23-24-8-10-25(11-9-24)35(26-12-16-28(36-2)17-13-26)27-14-18-29(37-3)19-15-27/h4,8-19,23H,1,5-7,20-22H2,2-3H3/b30-23-,32-31+. The van der Waals surface area contributed by atoms with Crippen molar-refractivity contribution >= 4 is 29.2 Å². The summed E-state index contributed by atoms with van der Waals surface area (Å²) < 4.78 is 16.7. The van der Waals surface area contributed by atoms with Gasteiger partial charge in [0.05, 0.1) is 20.8 Å². The Labute approximate surface area is 229 Å². The van der Waals surface area contributed by atoms with Gasteiger partial charge in [0, 0.05) is 36.2 Å². The molecule has 8 heteroatoms. The molecule has 0 radical (unpaired) electrons. The zero-order chi connectivity index (χ0) is 27.0. The second-order valence-corrected chi connectivity index (χ2v) is 9.23. The molecule has 3 aromatic carbocycles. The Morgan fingerprint density at radius 1 is 0.821 bits per heavy atom. The van der Waals surface area contributed by atoms with Crippen LogP contribution in [0.25, 0.3) is 6.08 Å². The highest BCUT2D eigenvalue weighted by Gasteiger charge is 2.28. The number of hydrogen-bond donors (Lipinski definition) is 0. The van der Waals surface area contributed by atoms with Crippen LogP contribution in [0.15, 0.2) is 96.5 Å². The van der Waals surface area contributed by atoms with Gasteiger partial charge in [0.25, 0.3) is 0 Å². The second-order valence-electron chi connectivity index (χ2n) is 9.23. The third-order valence-corrected chi connectivity index (χ3v) is 6.56. The minimum atomic E-state index is 0.377. The predicted molar refractivity (Wildman–Crippen MR) is 154 cm³/mol. The molecule has 0 bridgehead atoms. The van der Waals surface area contributed by atoms with Gasteiger partial charge in [-0.05, 0) is 85.5 Å². The first kappa shape index (κ1) is 26.0. The summed E-state index contributed by atoms with van der Waals surface area (Å²) in [5, 5.41) is 8.34. The average molecular weight is 527 g/mol. The number of piperidine rings is 1. The number of nitrogens with zero attached hydrogens (tertiary/aromatic N) is 4. The van der Waals surface area contributed by atoms with Crippen molar-refractivity contribution in [1.29, 1.82) is 0 Å². The van der Waals surface area contributed by atoms with E-state index >= 15 is 0 Å². The largest absolute Gasteiger partial charge is 0.497 e. The SMILES string of the molecule is C=CCN1O/C(=C\c2ccc(N(c3ccc(OC)cc3)c3ccc(OC)cc3)cc2)O/C1=N/N1CCCCC1. The zero-order valence-electron chi connectivity index (χ0n) is 22.5. The third-order valence-electron chi connectivity index (χ3n) is 6.56. The molecule has 0 amide bonds. The Hall–Kier alpha value is -4.59. The summed E-state index contributed by atoms with van der Waals surface area (Å²) >= 11 is 0. The summed E-state index contributed by atoms with van der Waals surface area (Å²) in [6, 6.07) is 24.6. The van der Waals surface area contributed by atoms with Crippen LogP contribution in [0.4, 0.5) is 17.1 Å². The van der Waals surface area contributed by atoms with Crippen LogP contribution in [-0.4, -0.2) is 49.9 Å².